The fourth-order valence-corrected chi connectivity index (χ4v) is 3.16. The van der Waals surface area contributed by atoms with Crippen molar-refractivity contribution in [3.8, 4) is 0 Å². The number of nitrogens with one attached hydrogen (secondary N) is 1. The summed E-state index contributed by atoms with van der Waals surface area (Å²) in [5.74, 6) is 1.49. The van der Waals surface area contributed by atoms with Crippen LogP contribution in [0.3, 0.4) is 0 Å². The number of fused-ring (bicyclic) bond motifs is 1. The van der Waals surface area contributed by atoms with Gasteiger partial charge in [0.05, 0.1) is 0 Å². The van der Waals surface area contributed by atoms with Gasteiger partial charge in [-0.1, -0.05) is 12.1 Å². The van der Waals surface area contributed by atoms with Crippen LogP contribution in [0.1, 0.15) is 18.5 Å². The number of hydrogen-bond acceptors (Lipinski definition) is 2. The van der Waals surface area contributed by atoms with Gasteiger partial charge >= 0.3 is 0 Å². The third kappa shape index (κ3) is 2.09. The molecule has 0 aliphatic carbocycles. The van der Waals surface area contributed by atoms with Gasteiger partial charge in [-0.15, -0.1) is 0 Å². The highest BCUT2D eigenvalue weighted by Crippen LogP contribution is 2.32. The fourth-order valence-electron chi connectivity index (χ4n) is 3.16. The molecule has 3 atom stereocenters. The van der Waals surface area contributed by atoms with Crippen LogP contribution in [0, 0.1) is 17.7 Å². The van der Waals surface area contributed by atoms with Crippen molar-refractivity contribution in [1.82, 2.24) is 10.2 Å². The molecule has 0 bridgehead atoms. The van der Waals surface area contributed by atoms with Gasteiger partial charge in [-0.05, 0) is 49.5 Å². The van der Waals surface area contributed by atoms with Crippen molar-refractivity contribution >= 4 is 0 Å². The Bertz CT molecular complexity index is 378. The molecule has 0 spiro atoms. The van der Waals surface area contributed by atoms with Crippen molar-refractivity contribution in [2.75, 3.05) is 26.2 Å². The fraction of sp³-hybridized carbons (Fsp3) is 0.571. The smallest absolute Gasteiger partial charge is 0.123 e. The molecule has 17 heavy (non-hydrogen) atoms. The summed E-state index contributed by atoms with van der Waals surface area (Å²) >= 11 is 0. The van der Waals surface area contributed by atoms with Gasteiger partial charge in [-0.2, -0.15) is 0 Å². The summed E-state index contributed by atoms with van der Waals surface area (Å²) in [6, 6.07) is 7.34. The second kappa shape index (κ2) is 4.39. The van der Waals surface area contributed by atoms with Crippen molar-refractivity contribution in [1.29, 1.82) is 0 Å². The van der Waals surface area contributed by atoms with Gasteiger partial charge in [0.2, 0.25) is 0 Å². The third-order valence-corrected chi connectivity index (χ3v) is 4.32. The molecule has 0 radical (unpaired) electrons. The minimum atomic E-state index is -0.150. The lowest BCUT2D eigenvalue weighted by Crippen LogP contribution is -2.28. The molecule has 1 N–H and O–H groups in total. The third-order valence-electron chi connectivity index (χ3n) is 4.32. The van der Waals surface area contributed by atoms with Gasteiger partial charge in [-0.3, -0.25) is 4.90 Å². The Morgan fingerprint density at radius 3 is 2.35 bits per heavy atom. The summed E-state index contributed by atoms with van der Waals surface area (Å²) < 4.78 is 12.9. The van der Waals surface area contributed by atoms with E-state index < -0.39 is 0 Å². The molecule has 2 fully saturated rings. The van der Waals surface area contributed by atoms with Crippen molar-refractivity contribution in [3.05, 3.63) is 35.6 Å². The van der Waals surface area contributed by atoms with E-state index in [1.54, 1.807) is 12.1 Å². The molecule has 2 saturated heterocycles. The zero-order valence-electron chi connectivity index (χ0n) is 10.2. The van der Waals surface area contributed by atoms with Gasteiger partial charge in [0.15, 0.2) is 0 Å². The average molecular weight is 234 g/mol. The molecule has 2 aliphatic rings. The van der Waals surface area contributed by atoms with Gasteiger partial charge in [0.25, 0.3) is 0 Å². The topological polar surface area (TPSA) is 15.3 Å². The summed E-state index contributed by atoms with van der Waals surface area (Å²) in [5, 5.41) is 3.45. The Morgan fingerprint density at radius 1 is 1.18 bits per heavy atom. The van der Waals surface area contributed by atoms with E-state index in [2.05, 4.69) is 17.1 Å². The van der Waals surface area contributed by atoms with Crippen molar-refractivity contribution in [3.63, 3.8) is 0 Å². The standard InChI is InChI=1S/C14H19FN2/c1-10(11-2-4-14(15)5-3-11)17-8-12-6-16-7-13(12)9-17/h2-5,10,12-13,16H,6-9H2,1H3. The first-order valence-electron chi connectivity index (χ1n) is 6.44. The first-order valence-corrected chi connectivity index (χ1v) is 6.44. The molecule has 2 aliphatic heterocycles. The van der Waals surface area contributed by atoms with Crippen LogP contribution < -0.4 is 5.32 Å². The van der Waals surface area contributed by atoms with Crippen LogP contribution in [0.25, 0.3) is 0 Å². The Morgan fingerprint density at radius 2 is 1.76 bits per heavy atom. The van der Waals surface area contributed by atoms with Gasteiger partial charge in [-0.25, -0.2) is 4.39 Å². The minimum absolute atomic E-state index is 0.150. The summed E-state index contributed by atoms with van der Waals surface area (Å²) in [6.07, 6.45) is 0. The lowest BCUT2D eigenvalue weighted by atomic mass is 10.0. The van der Waals surface area contributed by atoms with Crippen LogP contribution in [0.5, 0.6) is 0 Å². The zero-order valence-corrected chi connectivity index (χ0v) is 10.2. The molecule has 3 heteroatoms. The SMILES string of the molecule is CC(c1ccc(F)cc1)N1CC2CNCC2C1. The Balaban J connectivity index is 1.70. The molecular weight excluding hydrogens is 215 g/mol. The summed E-state index contributed by atoms with van der Waals surface area (Å²) in [4.78, 5) is 2.53. The van der Waals surface area contributed by atoms with Crippen LogP contribution >= 0.6 is 0 Å². The lowest BCUT2D eigenvalue weighted by Gasteiger charge is -2.25. The number of halogens is 1. The number of rotatable bonds is 2. The van der Waals surface area contributed by atoms with E-state index in [1.165, 1.54) is 18.7 Å². The van der Waals surface area contributed by atoms with E-state index in [1.807, 2.05) is 12.1 Å². The van der Waals surface area contributed by atoms with E-state index in [0.29, 0.717) is 6.04 Å². The first-order chi connectivity index (χ1) is 8.24. The van der Waals surface area contributed by atoms with Crippen molar-refractivity contribution in [2.45, 2.75) is 13.0 Å². The molecule has 92 valence electrons. The molecule has 0 amide bonds. The average Bonchev–Trinajstić information content (AvgIpc) is 2.89. The number of hydrogen-bond donors (Lipinski definition) is 1. The van der Waals surface area contributed by atoms with Crippen LogP contribution in [-0.2, 0) is 0 Å². The van der Waals surface area contributed by atoms with E-state index in [-0.39, 0.29) is 5.82 Å². The second-order valence-corrected chi connectivity index (χ2v) is 5.36. The van der Waals surface area contributed by atoms with Crippen LogP contribution in [0.15, 0.2) is 24.3 Å². The second-order valence-electron chi connectivity index (χ2n) is 5.36. The summed E-state index contributed by atoms with van der Waals surface area (Å²) in [7, 11) is 0. The summed E-state index contributed by atoms with van der Waals surface area (Å²) in [6.45, 7) is 6.91. The van der Waals surface area contributed by atoms with Crippen LogP contribution in [-0.4, -0.2) is 31.1 Å². The monoisotopic (exact) mass is 234 g/mol. The van der Waals surface area contributed by atoms with Gasteiger partial charge < -0.3 is 5.32 Å². The quantitative estimate of drug-likeness (QED) is 0.842. The maximum atomic E-state index is 12.9. The molecule has 0 aromatic heterocycles. The molecular formula is C14H19FN2. The molecule has 2 heterocycles. The largest absolute Gasteiger partial charge is 0.316 e. The highest BCUT2D eigenvalue weighted by Gasteiger charge is 2.37. The minimum Gasteiger partial charge on any atom is -0.316 e. The van der Waals surface area contributed by atoms with Crippen molar-refractivity contribution < 1.29 is 4.39 Å². The zero-order chi connectivity index (χ0) is 11.8. The maximum Gasteiger partial charge on any atom is 0.123 e. The maximum absolute atomic E-state index is 12.9. The normalized spacial score (nSPS) is 30.5. The van der Waals surface area contributed by atoms with Gasteiger partial charge in [0, 0.05) is 19.1 Å². The predicted octanol–water partition coefficient (Wildman–Crippen LogP) is 2.04. The van der Waals surface area contributed by atoms with E-state index >= 15 is 0 Å². The highest BCUT2D eigenvalue weighted by molar-refractivity contribution is 5.20. The van der Waals surface area contributed by atoms with Gasteiger partial charge in [0.1, 0.15) is 5.82 Å². The predicted molar refractivity (Wildman–Crippen MR) is 66.2 cm³/mol. The Labute approximate surface area is 102 Å². The Hall–Kier alpha value is -0.930. The highest BCUT2D eigenvalue weighted by atomic mass is 19.1. The van der Waals surface area contributed by atoms with E-state index in [4.69, 9.17) is 0 Å². The number of likely N-dealkylation sites (tertiary alicyclic amines) is 1. The number of nitrogens with zero attached hydrogens (tertiary/aromatic N) is 1. The van der Waals surface area contributed by atoms with Crippen molar-refractivity contribution in [2.24, 2.45) is 11.8 Å². The van der Waals surface area contributed by atoms with Crippen LogP contribution in [0.4, 0.5) is 4.39 Å². The van der Waals surface area contributed by atoms with Crippen LogP contribution in [0.2, 0.25) is 0 Å². The molecule has 0 saturated carbocycles. The summed E-state index contributed by atoms with van der Waals surface area (Å²) in [5.41, 5.74) is 1.22. The molecule has 1 aromatic rings. The van der Waals surface area contributed by atoms with E-state index in [0.717, 1.165) is 24.9 Å². The molecule has 3 rings (SSSR count). The molecule has 1 aromatic carbocycles. The molecule has 2 nitrogen and oxygen atoms in total. The first kappa shape index (κ1) is 11.2. The Kier molecular flexibility index (Phi) is 2.89. The molecule has 3 unspecified atom stereocenters. The lowest BCUT2D eigenvalue weighted by molar-refractivity contribution is 0.244. The van der Waals surface area contributed by atoms with E-state index in [9.17, 15) is 4.39 Å². The number of benzene rings is 1.